The molecule has 0 aromatic carbocycles. The summed E-state index contributed by atoms with van der Waals surface area (Å²) in [5, 5.41) is 0. The fourth-order valence-electron chi connectivity index (χ4n) is 0.427. The summed E-state index contributed by atoms with van der Waals surface area (Å²) < 4.78 is 26.1. The van der Waals surface area contributed by atoms with Gasteiger partial charge < -0.3 is 28.5 Å². The molecule has 76 valence electrons. The van der Waals surface area contributed by atoms with Crippen LogP contribution in [0.4, 0.5) is 0 Å². The van der Waals surface area contributed by atoms with Crippen LogP contribution in [0.3, 0.4) is 0 Å². The highest BCUT2D eigenvalue weighted by atomic mass is 127. The number of rotatable bonds is 4. The lowest BCUT2D eigenvalue weighted by molar-refractivity contribution is -0.870. The maximum absolute atomic E-state index is 10.5. The highest BCUT2D eigenvalue weighted by Gasteiger charge is 2.09. The van der Waals surface area contributed by atoms with E-state index in [9.17, 15) is 8.42 Å². The van der Waals surface area contributed by atoms with Gasteiger partial charge in [-0.1, -0.05) is 0 Å². The zero-order valence-electron chi connectivity index (χ0n) is 7.45. The van der Waals surface area contributed by atoms with Crippen LogP contribution in [0.1, 0.15) is 0 Å². The Morgan fingerprint density at radius 2 is 1.75 bits per heavy atom. The Kier molecular flexibility index (Phi) is 7.36. The van der Waals surface area contributed by atoms with E-state index in [1.165, 1.54) is 0 Å². The minimum Gasteiger partial charge on any atom is -1.00 e. The molecule has 12 heavy (non-hydrogen) atoms. The third-order valence-corrected chi connectivity index (χ3v) is 1.91. The highest BCUT2D eigenvalue weighted by Crippen LogP contribution is 2.02. The summed E-state index contributed by atoms with van der Waals surface area (Å²) in [4.78, 5) is 0. The SMILES string of the molecule is C[N+](C)(C)CCOS(=O)(=O)P.[I-]. The second-order valence-electron chi connectivity index (χ2n) is 3.33. The minimum absolute atomic E-state index is 0. The molecule has 0 rings (SSSR count). The molecule has 0 heterocycles. The number of nitrogens with zero attached hydrogens (tertiary/aromatic N) is 1. The van der Waals surface area contributed by atoms with Crippen LogP contribution in [0, 0.1) is 0 Å². The fraction of sp³-hybridized carbons (Fsp3) is 1.00. The number of hydrogen-bond acceptors (Lipinski definition) is 3. The third kappa shape index (κ3) is 13.6. The van der Waals surface area contributed by atoms with Gasteiger partial charge in [-0.3, -0.25) is 4.18 Å². The zero-order valence-corrected chi connectivity index (χ0v) is 11.6. The van der Waals surface area contributed by atoms with Crippen LogP contribution in [0.15, 0.2) is 0 Å². The van der Waals surface area contributed by atoms with Gasteiger partial charge in [-0.25, -0.2) is 0 Å². The molecule has 0 N–H and O–H groups in total. The van der Waals surface area contributed by atoms with E-state index in [2.05, 4.69) is 4.18 Å². The van der Waals surface area contributed by atoms with Crippen LogP contribution in [-0.4, -0.2) is 47.2 Å². The summed E-state index contributed by atoms with van der Waals surface area (Å²) in [6.07, 6.45) is 0. The second kappa shape index (κ2) is 5.70. The van der Waals surface area contributed by atoms with E-state index in [4.69, 9.17) is 0 Å². The molecular formula is C5H15INO3PS. The van der Waals surface area contributed by atoms with Crippen molar-refractivity contribution in [1.29, 1.82) is 0 Å². The summed E-state index contributed by atoms with van der Waals surface area (Å²) in [6, 6.07) is 0. The summed E-state index contributed by atoms with van der Waals surface area (Å²) in [5.74, 6) is 0. The van der Waals surface area contributed by atoms with Gasteiger partial charge in [0.15, 0.2) is 0 Å². The number of quaternary nitrogens is 1. The summed E-state index contributed by atoms with van der Waals surface area (Å²) in [6.45, 7) is 0.906. The van der Waals surface area contributed by atoms with Crippen molar-refractivity contribution in [3.05, 3.63) is 0 Å². The molecule has 0 bridgehead atoms. The fourth-order valence-corrected chi connectivity index (χ4v) is 1.02. The Labute approximate surface area is 93.3 Å². The van der Waals surface area contributed by atoms with Crippen molar-refractivity contribution in [2.75, 3.05) is 34.3 Å². The summed E-state index contributed by atoms with van der Waals surface area (Å²) >= 11 is 0. The molecule has 0 spiro atoms. The van der Waals surface area contributed by atoms with Crippen LogP contribution in [0.25, 0.3) is 0 Å². The van der Waals surface area contributed by atoms with Crippen LogP contribution < -0.4 is 24.0 Å². The summed E-state index contributed by atoms with van der Waals surface area (Å²) in [5.41, 5.74) is 0. The highest BCUT2D eigenvalue weighted by molar-refractivity contribution is 8.34. The first-order valence-corrected chi connectivity index (χ1v) is 6.07. The van der Waals surface area contributed by atoms with E-state index >= 15 is 0 Å². The lowest BCUT2D eigenvalue weighted by Crippen LogP contribution is -3.00. The van der Waals surface area contributed by atoms with E-state index in [1.54, 1.807) is 8.44 Å². The van der Waals surface area contributed by atoms with Crippen molar-refractivity contribution in [2.24, 2.45) is 0 Å². The standard InChI is InChI=1S/C5H15NO3PS.HI/c1-6(2,3)4-5-9-11(7,8)10;/h4-5,10H2,1-3H3;1H/q+1;/p-1. The van der Waals surface area contributed by atoms with E-state index in [0.717, 1.165) is 0 Å². The quantitative estimate of drug-likeness (QED) is 0.311. The third-order valence-electron chi connectivity index (χ3n) is 1.01. The smallest absolute Gasteiger partial charge is 0.277 e. The van der Waals surface area contributed by atoms with E-state index in [-0.39, 0.29) is 30.6 Å². The first-order valence-electron chi connectivity index (χ1n) is 3.18. The van der Waals surface area contributed by atoms with Crippen LogP contribution in [0.5, 0.6) is 0 Å². The summed E-state index contributed by atoms with van der Waals surface area (Å²) in [7, 11) is 4.22. The van der Waals surface area contributed by atoms with Gasteiger partial charge in [0, 0.05) is 8.44 Å². The van der Waals surface area contributed by atoms with Gasteiger partial charge in [0.2, 0.25) is 0 Å². The normalized spacial score (nSPS) is 12.3. The molecule has 0 aromatic rings. The molecular weight excluding hydrogens is 312 g/mol. The van der Waals surface area contributed by atoms with Gasteiger partial charge in [0.25, 0.3) is 9.74 Å². The molecule has 0 saturated heterocycles. The van der Waals surface area contributed by atoms with Gasteiger partial charge in [0.05, 0.1) is 21.1 Å². The van der Waals surface area contributed by atoms with Crippen LogP contribution in [0.2, 0.25) is 0 Å². The molecule has 0 radical (unpaired) electrons. The first kappa shape index (κ1) is 15.5. The Morgan fingerprint density at radius 1 is 1.33 bits per heavy atom. The van der Waals surface area contributed by atoms with Crippen molar-refractivity contribution in [2.45, 2.75) is 0 Å². The van der Waals surface area contributed by atoms with E-state index in [0.29, 0.717) is 11.0 Å². The topological polar surface area (TPSA) is 43.4 Å². The Balaban J connectivity index is 0. The van der Waals surface area contributed by atoms with Gasteiger partial charge in [-0.15, -0.1) is 0 Å². The maximum atomic E-state index is 10.5. The maximum Gasteiger partial charge on any atom is 0.277 e. The molecule has 1 unspecified atom stereocenters. The van der Waals surface area contributed by atoms with Crippen molar-refractivity contribution in [3.63, 3.8) is 0 Å². The predicted octanol–water partition coefficient (Wildman–Crippen LogP) is -3.17. The van der Waals surface area contributed by atoms with Gasteiger partial charge >= 0.3 is 0 Å². The van der Waals surface area contributed by atoms with Gasteiger partial charge in [-0.2, -0.15) is 8.42 Å². The predicted molar refractivity (Wildman–Crippen MR) is 47.5 cm³/mol. The Bertz CT molecular complexity index is 211. The molecule has 0 saturated carbocycles. The first-order chi connectivity index (χ1) is 4.71. The van der Waals surface area contributed by atoms with Gasteiger partial charge in [-0.05, 0) is 0 Å². The average molecular weight is 327 g/mol. The molecule has 0 aliphatic carbocycles. The molecule has 0 aromatic heterocycles. The average Bonchev–Trinajstić information content (AvgIpc) is 1.55. The number of hydrogen-bond donors (Lipinski definition) is 0. The Morgan fingerprint density at radius 3 is 2.00 bits per heavy atom. The lowest BCUT2D eigenvalue weighted by Gasteiger charge is -2.22. The molecule has 4 nitrogen and oxygen atoms in total. The monoisotopic (exact) mass is 327 g/mol. The zero-order chi connectivity index (χ0) is 9.12. The number of likely N-dealkylation sites (N-methyl/N-ethyl adjacent to an activating group) is 1. The van der Waals surface area contributed by atoms with Crippen molar-refractivity contribution >= 4 is 18.2 Å². The van der Waals surface area contributed by atoms with E-state index < -0.39 is 9.74 Å². The molecule has 7 heteroatoms. The minimum atomic E-state index is -3.34. The Hall–Kier alpha value is 1.03. The van der Waals surface area contributed by atoms with Crippen molar-refractivity contribution in [3.8, 4) is 0 Å². The van der Waals surface area contributed by atoms with Gasteiger partial charge in [0.1, 0.15) is 13.2 Å². The molecule has 0 aliphatic heterocycles. The lowest BCUT2D eigenvalue weighted by atomic mass is 10.5. The second-order valence-corrected chi connectivity index (χ2v) is 6.28. The van der Waals surface area contributed by atoms with E-state index in [1.807, 2.05) is 21.1 Å². The van der Waals surface area contributed by atoms with Crippen LogP contribution in [-0.2, 0) is 13.9 Å². The largest absolute Gasteiger partial charge is 1.00 e. The molecule has 0 aliphatic rings. The van der Waals surface area contributed by atoms with Crippen molar-refractivity contribution in [1.82, 2.24) is 0 Å². The molecule has 0 amide bonds. The van der Waals surface area contributed by atoms with Crippen molar-refractivity contribution < 1.29 is 41.1 Å². The number of halogens is 1. The molecule has 0 fully saturated rings. The molecule has 1 atom stereocenters. The van der Waals surface area contributed by atoms with Crippen LogP contribution >= 0.6 is 8.44 Å².